The van der Waals surface area contributed by atoms with Gasteiger partial charge in [-0.05, 0) is 160 Å². The lowest BCUT2D eigenvalue weighted by Crippen LogP contribution is -2.10. The maximum Gasteiger partial charge on any atom is 0.389 e. The van der Waals surface area contributed by atoms with Crippen molar-refractivity contribution in [1.29, 1.82) is 0 Å². The number of halogens is 6. The van der Waals surface area contributed by atoms with E-state index in [1.807, 2.05) is 0 Å². The highest BCUT2D eigenvalue weighted by atomic mass is 19.4. The molecule has 0 saturated carbocycles. The predicted molar refractivity (Wildman–Crippen MR) is 297 cm³/mol. The number of nitrogens with two attached hydrogens (primary N) is 2. The minimum absolute atomic E-state index is 0.0687. The quantitative estimate of drug-likeness (QED) is 0.00804. The van der Waals surface area contributed by atoms with Crippen molar-refractivity contribution < 1.29 is 88.2 Å². The predicted octanol–water partition coefficient (Wildman–Crippen LogP) is 13.9. The maximum atomic E-state index is 12.4. The molecule has 0 aliphatic carbocycles. The smallest absolute Gasteiger partial charge is 0.389 e. The van der Waals surface area contributed by atoms with Crippen LogP contribution in [-0.2, 0) is 23.8 Å². The van der Waals surface area contributed by atoms with Gasteiger partial charge >= 0.3 is 42.2 Å². The van der Waals surface area contributed by atoms with E-state index >= 15 is 0 Å². The lowest BCUT2D eigenvalue weighted by atomic mass is 10.1. The second kappa shape index (κ2) is 35.3. The summed E-state index contributed by atoms with van der Waals surface area (Å²) in [5, 5.41) is 0. The summed E-state index contributed by atoms with van der Waals surface area (Å²) < 4.78 is 115. The molecule has 0 aliphatic heterocycles. The van der Waals surface area contributed by atoms with Gasteiger partial charge < -0.3 is 49.4 Å². The van der Waals surface area contributed by atoms with Crippen LogP contribution in [0, 0.1) is 0 Å². The standard InChI is InChI=1S/C35H39F3N2O8.C26H29F3O5/c1-2-44-32-29(39)22-26(23-30(32)40)33(42)47-20-6-4-3-5-19-46-31(41)17-10-24-8-13-28(14-9-24)48-34(43)25-11-15-27(16-12-25)45-21-7-18-35(36,37)38;1-2-3-4-5-18-33-24(30)16-9-20-7-12-23(13-8-20)34-25(31)21-10-14-22(15-11-21)32-19-6-17-26(27,28)29/h8-17,22-23H,2-7,18-21,39-40H2,1H3;7-16H,2-6,17-19H2,1H3/b17-10+;16-9+. The average Bonchev–Trinajstić information content (AvgIpc) is 3.64. The normalized spacial score (nSPS) is 11.3. The van der Waals surface area contributed by atoms with Crippen LogP contribution in [0.5, 0.6) is 28.7 Å². The van der Waals surface area contributed by atoms with E-state index < -0.39 is 55.0 Å². The Hall–Kier alpha value is -8.49. The van der Waals surface area contributed by atoms with Crippen LogP contribution in [-0.4, -0.2) is 81.8 Å². The fourth-order valence-electron chi connectivity index (χ4n) is 7.13. The molecule has 0 saturated heterocycles. The molecule has 5 aromatic rings. The Morgan fingerprint density at radius 3 is 1.18 bits per heavy atom. The van der Waals surface area contributed by atoms with E-state index in [4.69, 9.17) is 49.4 Å². The van der Waals surface area contributed by atoms with Crippen LogP contribution < -0.4 is 35.2 Å². The Kier molecular flexibility index (Phi) is 28.4. The molecule has 0 atom stereocenters. The molecule has 21 heteroatoms. The van der Waals surface area contributed by atoms with Gasteiger partial charge in [0.25, 0.3) is 0 Å². The Morgan fingerprint density at radius 1 is 0.427 bits per heavy atom. The number of anilines is 2. The van der Waals surface area contributed by atoms with Crippen LogP contribution in [0.1, 0.15) is 133 Å². The van der Waals surface area contributed by atoms with Gasteiger partial charge in [0.1, 0.15) is 23.0 Å². The van der Waals surface area contributed by atoms with Crippen LogP contribution in [0.2, 0.25) is 0 Å². The van der Waals surface area contributed by atoms with Crippen molar-refractivity contribution in [2.75, 3.05) is 51.1 Å². The van der Waals surface area contributed by atoms with Crippen molar-refractivity contribution in [3.63, 3.8) is 0 Å². The molecule has 0 bridgehead atoms. The molecule has 0 aromatic heterocycles. The fourth-order valence-corrected chi connectivity index (χ4v) is 7.13. The summed E-state index contributed by atoms with van der Waals surface area (Å²) in [5.74, 6) is -0.950. The second-order valence-corrected chi connectivity index (χ2v) is 18.1. The lowest BCUT2D eigenvalue weighted by Gasteiger charge is -2.12. The topological polar surface area (TPSA) is 211 Å². The van der Waals surface area contributed by atoms with Gasteiger partial charge in [-0.25, -0.2) is 24.0 Å². The third-order valence-corrected chi connectivity index (χ3v) is 11.4. The number of ether oxygens (including phenoxy) is 8. The van der Waals surface area contributed by atoms with E-state index in [2.05, 4.69) is 6.92 Å². The number of benzene rings is 5. The number of hydrogen-bond acceptors (Lipinski definition) is 15. The summed E-state index contributed by atoms with van der Waals surface area (Å²) in [6.45, 7) is 5.04. The first kappa shape index (κ1) is 66.0. The van der Waals surface area contributed by atoms with Crippen LogP contribution in [0.3, 0.4) is 0 Å². The van der Waals surface area contributed by atoms with Crippen LogP contribution >= 0.6 is 0 Å². The molecule has 5 aromatic carbocycles. The number of carbonyl (C=O) groups excluding carboxylic acids is 5. The maximum absolute atomic E-state index is 12.4. The minimum Gasteiger partial charge on any atom is -0.494 e. The van der Waals surface area contributed by atoms with Gasteiger partial charge in [-0.2, -0.15) is 26.3 Å². The van der Waals surface area contributed by atoms with Gasteiger partial charge in [0.2, 0.25) is 0 Å². The highest BCUT2D eigenvalue weighted by Crippen LogP contribution is 2.31. The molecular formula is C61H68F6N2O13. The Bertz CT molecular complexity index is 2800. The molecule has 0 aliphatic rings. The van der Waals surface area contributed by atoms with Gasteiger partial charge in [-0.15, -0.1) is 0 Å². The number of esters is 5. The molecule has 5 rings (SSSR count). The summed E-state index contributed by atoms with van der Waals surface area (Å²) in [5.41, 5.74) is 14.6. The first-order valence-electron chi connectivity index (χ1n) is 26.6. The Morgan fingerprint density at radius 2 is 0.805 bits per heavy atom. The van der Waals surface area contributed by atoms with Gasteiger partial charge in [0, 0.05) is 25.0 Å². The first-order chi connectivity index (χ1) is 39.2. The van der Waals surface area contributed by atoms with Crippen molar-refractivity contribution in [3.8, 4) is 28.7 Å². The molecule has 4 N–H and O–H groups in total. The number of rotatable bonds is 31. The van der Waals surface area contributed by atoms with Crippen molar-refractivity contribution in [3.05, 3.63) is 149 Å². The largest absolute Gasteiger partial charge is 0.494 e. The van der Waals surface area contributed by atoms with Crippen LogP contribution in [0.25, 0.3) is 12.2 Å². The third kappa shape index (κ3) is 27.1. The summed E-state index contributed by atoms with van der Waals surface area (Å²) in [6, 6.07) is 27.9. The minimum atomic E-state index is -4.23. The molecule has 0 unspecified atom stereocenters. The monoisotopic (exact) mass is 1150 g/mol. The van der Waals surface area contributed by atoms with Crippen molar-refractivity contribution in [2.45, 2.75) is 103 Å². The third-order valence-electron chi connectivity index (χ3n) is 11.4. The van der Waals surface area contributed by atoms with E-state index in [9.17, 15) is 50.3 Å². The lowest BCUT2D eigenvalue weighted by molar-refractivity contribution is -0.138. The van der Waals surface area contributed by atoms with Gasteiger partial charge in [-0.1, -0.05) is 50.5 Å². The van der Waals surface area contributed by atoms with Crippen molar-refractivity contribution >= 4 is 53.4 Å². The number of unbranched alkanes of at least 4 members (excludes halogenated alkanes) is 6. The van der Waals surface area contributed by atoms with E-state index in [1.54, 1.807) is 67.6 Å². The second-order valence-electron chi connectivity index (χ2n) is 18.1. The zero-order valence-corrected chi connectivity index (χ0v) is 45.7. The van der Waals surface area contributed by atoms with E-state index in [1.165, 1.54) is 72.8 Å². The van der Waals surface area contributed by atoms with E-state index in [0.717, 1.165) is 44.1 Å². The average molecular weight is 1150 g/mol. The van der Waals surface area contributed by atoms with Crippen molar-refractivity contribution in [2.24, 2.45) is 0 Å². The summed E-state index contributed by atoms with van der Waals surface area (Å²) in [4.78, 5) is 60.8. The highest BCUT2D eigenvalue weighted by Gasteiger charge is 2.27. The van der Waals surface area contributed by atoms with Crippen LogP contribution in [0.15, 0.2) is 121 Å². The van der Waals surface area contributed by atoms with E-state index in [-0.39, 0.29) is 73.1 Å². The summed E-state index contributed by atoms with van der Waals surface area (Å²) >= 11 is 0. The fraction of sp³-hybridized carbons (Fsp3) is 0.361. The zero-order valence-electron chi connectivity index (χ0n) is 45.7. The Balaban J connectivity index is 0.000000374. The molecule has 0 fully saturated rings. The highest BCUT2D eigenvalue weighted by molar-refractivity contribution is 5.94. The van der Waals surface area contributed by atoms with Gasteiger partial charge in [0.15, 0.2) is 5.75 Å². The Labute approximate surface area is 472 Å². The molecule has 15 nitrogen and oxygen atoms in total. The number of carbonyl (C=O) groups is 5. The number of nitrogen functional groups attached to an aromatic ring is 2. The van der Waals surface area contributed by atoms with Crippen LogP contribution in [0.4, 0.5) is 37.7 Å². The molecule has 0 heterocycles. The number of alkyl halides is 6. The summed E-state index contributed by atoms with van der Waals surface area (Å²) in [6.07, 6.45) is 2.26. The molecule has 0 radical (unpaired) electrons. The van der Waals surface area contributed by atoms with E-state index in [0.29, 0.717) is 54.6 Å². The molecule has 0 spiro atoms. The SMILES string of the molecule is CCCCCCOC(=O)/C=C/c1ccc(OC(=O)c2ccc(OCCCC(F)(F)F)cc2)cc1.CCOc1c(N)cc(C(=O)OCCCCCCOC(=O)/C=C/c2ccc(OC(=O)c3ccc(OCCCC(F)(F)F)cc3)cc2)cc1N. The first-order valence-corrected chi connectivity index (χ1v) is 26.6. The number of hydrogen-bond donors (Lipinski definition) is 2. The zero-order chi connectivity index (χ0) is 59.8. The molecule has 82 heavy (non-hydrogen) atoms. The van der Waals surface area contributed by atoms with Gasteiger partial charge in [-0.3, -0.25) is 0 Å². The molecule has 0 amide bonds. The molecular weight excluding hydrogens is 1080 g/mol. The van der Waals surface area contributed by atoms with Gasteiger partial charge in [0.05, 0.1) is 67.7 Å². The van der Waals surface area contributed by atoms with Crippen molar-refractivity contribution in [1.82, 2.24) is 0 Å². The molecule has 442 valence electrons. The summed E-state index contributed by atoms with van der Waals surface area (Å²) in [7, 11) is 0.